The van der Waals surface area contributed by atoms with Gasteiger partial charge in [-0.15, -0.1) is 24.0 Å². The summed E-state index contributed by atoms with van der Waals surface area (Å²) in [4.78, 5) is 7.03. The topological polar surface area (TPSA) is 67.4 Å². The molecule has 1 heterocycles. The summed E-state index contributed by atoms with van der Waals surface area (Å²) in [7, 11) is 1.65. The van der Waals surface area contributed by atoms with Crippen LogP contribution in [0.5, 0.6) is 11.5 Å². The molecule has 3 rings (SSSR count). The zero-order valence-electron chi connectivity index (χ0n) is 18.3. The van der Waals surface area contributed by atoms with Crippen LogP contribution in [0.2, 0.25) is 0 Å². The standard InChI is InChI=1S/C23H32N4O3.HI/c1-3-24-23(25-12-15-30-22-10-8-21(28-2)9-11-22)26-18-19-4-6-20(7-5-19)27-13-16-29-17-14-27;/h4-11H,3,12-18H2,1-2H3,(H2,24,25,26);1H. The largest absolute Gasteiger partial charge is 0.497 e. The summed E-state index contributed by atoms with van der Waals surface area (Å²) in [5.41, 5.74) is 2.42. The second-order valence-electron chi connectivity index (χ2n) is 6.91. The van der Waals surface area contributed by atoms with Crippen LogP contribution in [-0.4, -0.2) is 59.1 Å². The van der Waals surface area contributed by atoms with Gasteiger partial charge in [-0.1, -0.05) is 12.1 Å². The molecule has 0 unspecified atom stereocenters. The quantitative estimate of drug-likeness (QED) is 0.220. The maximum absolute atomic E-state index is 5.75. The van der Waals surface area contributed by atoms with E-state index in [0.717, 1.165) is 50.3 Å². The van der Waals surface area contributed by atoms with Gasteiger partial charge in [0.2, 0.25) is 0 Å². The Bertz CT molecular complexity index is 778. The van der Waals surface area contributed by atoms with Gasteiger partial charge in [0.05, 0.1) is 33.4 Å². The molecular weight excluding hydrogens is 507 g/mol. The molecule has 0 aromatic heterocycles. The molecule has 0 radical (unpaired) electrons. The second-order valence-corrected chi connectivity index (χ2v) is 6.91. The van der Waals surface area contributed by atoms with Gasteiger partial charge in [-0.05, 0) is 48.9 Å². The van der Waals surface area contributed by atoms with Crippen molar-refractivity contribution in [2.45, 2.75) is 13.5 Å². The van der Waals surface area contributed by atoms with Gasteiger partial charge < -0.3 is 29.7 Å². The second kappa shape index (κ2) is 14.0. The van der Waals surface area contributed by atoms with Crippen LogP contribution in [0, 0.1) is 0 Å². The van der Waals surface area contributed by atoms with Crippen molar-refractivity contribution in [3.8, 4) is 11.5 Å². The van der Waals surface area contributed by atoms with E-state index in [1.165, 1.54) is 11.3 Å². The fraction of sp³-hybridized carbons (Fsp3) is 0.435. The van der Waals surface area contributed by atoms with Gasteiger partial charge in [0.25, 0.3) is 0 Å². The molecule has 170 valence electrons. The van der Waals surface area contributed by atoms with Gasteiger partial charge in [0, 0.05) is 25.3 Å². The third-order valence-electron chi connectivity index (χ3n) is 4.80. The van der Waals surface area contributed by atoms with E-state index in [2.05, 4.69) is 51.7 Å². The number of hydrogen-bond donors (Lipinski definition) is 2. The minimum Gasteiger partial charge on any atom is -0.497 e. The SMILES string of the molecule is CCNC(=NCc1ccc(N2CCOCC2)cc1)NCCOc1ccc(OC)cc1.I. The lowest BCUT2D eigenvalue weighted by Crippen LogP contribution is -2.39. The lowest BCUT2D eigenvalue weighted by Gasteiger charge is -2.28. The third-order valence-corrected chi connectivity index (χ3v) is 4.80. The van der Waals surface area contributed by atoms with E-state index in [1.807, 2.05) is 24.3 Å². The van der Waals surface area contributed by atoms with Gasteiger partial charge in [-0.3, -0.25) is 0 Å². The molecule has 0 amide bonds. The molecule has 8 heteroatoms. The molecule has 0 aliphatic carbocycles. The Balaban J connectivity index is 0.00000341. The first-order valence-electron chi connectivity index (χ1n) is 10.5. The van der Waals surface area contributed by atoms with Crippen molar-refractivity contribution in [1.29, 1.82) is 0 Å². The Morgan fingerprint density at radius 1 is 1.00 bits per heavy atom. The highest BCUT2D eigenvalue weighted by atomic mass is 127. The van der Waals surface area contributed by atoms with Crippen LogP contribution in [0.3, 0.4) is 0 Å². The number of halogens is 1. The smallest absolute Gasteiger partial charge is 0.191 e. The van der Waals surface area contributed by atoms with Gasteiger partial charge in [0.15, 0.2) is 5.96 Å². The highest BCUT2D eigenvalue weighted by Crippen LogP contribution is 2.17. The van der Waals surface area contributed by atoms with Gasteiger partial charge in [0.1, 0.15) is 18.1 Å². The molecule has 0 saturated carbocycles. The van der Waals surface area contributed by atoms with E-state index in [9.17, 15) is 0 Å². The number of morpholine rings is 1. The molecule has 1 aliphatic rings. The maximum Gasteiger partial charge on any atom is 0.191 e. The van der Waals surface area contributed by atoms with Crippen LogP contribution in [0.15, 0.2) is 53.5 Å². The summed E-state index contributed by atoms with van der Waals surface area (Å²) >= 11 is 0. The van der Waals surface area contributed by atoms with E-state index >= 15 is 0 Å². The minimum atomic E-state index is 0. The van der Waals surface area contributed by atoms with Gasteiger partial charge >= 0.3 is 0 Å². The molecule has 1 aliphatic heterocycles. The summed E-state index contributed by atoms with van der Waals surface area (Å²) in [6.07, 6.45) is 0. The van der Waals surface area contributed by atoms with Crippen LogP contribution >= 0.6 is 24.0 Å². The van der Waals surface area contributed by atoms with Crippen molar-refractivity contribution >= 4 is 35.6 Å². The minimum absolute atomic E-state index is 0. The Morgan fingerprint density at radius 3 is 2.32 bits per heavy atom. The van der Waals surface area contributed by atoms with E-state index in [0.29, 0.717) is 19.7 Å². The van der Waals surface area contributed by atoms with Crippen molar-refractivity contribution in [3.63, 3.8) is 0 Å². The first-order valence-corrected chi connectivity index (χ1v) is 10.5. The fourth-order valence-electron chi connectivity index (χ4n) is 3.16. The van der Waals surface area contributed by atoms with Crippen molar-refractivity contribution in [1.82, 2.24) is 10.6 Å². The van der Waals surface area contributed by atoms with Gasteiger partial charge in [-0.25, -0.2) is 4.99 Å². The number of aliphatic imine (C=N–C) groups is 1. The zero-order chi connectivity index (χ0) is 21.0. The first-order chi connectivity index (χ1) is 14.8. The van der Waals surface area contributed by atoms with Crippen LogP contribution in [0.1, 0.15) is 12.5 Å². The normalized spacial score (nSPS) is 13.9. The van der Waals surface area contributed by atoms with Crippen LogP contribution in [0.25, 0.3) is 0 Å². The molecule has 2 aromatic carbocycles. The summed E-state index contributed by atoms with van der Waals surface area (Å²) in [5, 5.41) is 6.59. The highest BCUT2D eigenvalue weighted by Gasteiger charge is 2.10. The molecule has 2 aromatic rings. The number of methoxy groups -OCH3 is 1. The summed E-state index contributed by atoms with van der Waals surface area (Å²) in [6.45, 7) is 8.19. The summed E-state index contributed by atoms with van der Waals surface area (Å²) in [5.74, 6) is 2.42. The van der Waals surface area contributed by atoms with Crippen molar-refractivity contribution < 1.29 is 14.2 Å². The predicted molar refractivity (Wildman–Crippen MR) is 136 cm³/mol. The molecule has 0 spiro atoms. The van der Waals surface area contributed by atoms with Crippen LogP contribution in [-0.2, 0) is 11.3 Å². The lowest BCUT2D eigenvalue weighted by molar-refractivity contribution is 0.122. The third kappa shape index (κ3) is 8.45. The molecule has 7 nitrogen and oxygen atoms in total. The van der Waals surface area contributed by atoms with Crippen molar-refractivity contribution in [3.05, 3.63) is 54.1 Å². The Kier molecular flexibility index (Phi) is 11.3. The van der Waals surface area contributed by atoms with Crippen molar-refractivity contribution in [2.24, 2.45) is 4.99 Å². The average molecular weight is 540 g/mol. The van der Waals surface area contributed by atoms with Gasteiger partial charge in [-0.2, -0.15) is 0 Å². The van der Waals surface area contributed by atoms with E-state index in [4.69, 9.17) is 14.2 Å². The Labute approximate surface area is 202 Å². The number of anilines is 1. The zero-order valence-corrected chi connectivity index (χ0v) is 20.6. The molecule has 1 fully saturated rings. The number of nitrogens with zero attached hydrogens (tertiary/aromatic N) is 2. The van der Waals surface area contributed by atoms with Crippen LogP contribution in [0.4, 0.5) is 5.69 Å². The maximum atomic E-state index is 5.75. The lowest BCUT2D eigenvalue weighted by atomic mass is 10.2. The Hall–Kier alpha value is -2.20. The Morgan fingerprint density at radius 2 is 1.68 bits per heavy atom. The first kappa shape index (κ1) is 25.1. The summed E-state index contributed by atoms with van der Waals surface area (Å²) < 4.78 is 16.3. The predicted octanol–water partition coefficient (Wildman–Crippen LogP) is 3.28. The molecule has 1 saturated heterocycles. The van der Waals surface area contributed by atoms with E-state index in [-0.39, 0.29) is 24.0 Å². The monoisotopic (exact) mass is 540 g/mol. The average Bonchev–Trinajstić information content (AvgIpc) is 2.81. The molecule has 2 N–H and O–H groups in total. The number of benzene rings is 2. The van der Waals surface area contributed by atoms with Crippen LogP contribution < -0.4 is 25.0 Å². The molecular formula is C23H33IN4O3. The highest BCUT2D eigenvalue weighted by molar-refractivity contribution is 14.0. The van der Waals surface area contributed by atoms with Crippen molar-refractivity contribution in [2.75, 3.05) is 58.0 Å². The number of hydrogen-bond acceptors (Lipinski definition) is 5. The molecule has 0 atom stereocenters. The molecule has 0 bridgehead atoms. The summed E-state index contributed by atoms with van der Waals surface area (Å²) in [6, 6.07) is 16.2. The molecule has 31 heavy (non-hydrogen) atoms. The number of ether oxygens (including phenoxy) is 3. The van der Waals surface area contributed by atoms with E-state index < -0.39 is 0 Å². The number of nitrogens with one attached hydrogen (secondary N) is 2. The number of rotatable bonds is 9. The van der Waals surface area contributed by atoms with E-state index in [1.54, 1.807) is 7.11 Å². The number of guanidine groups is 1. The fourth-order valence-corrected chi connectivity index (χ4v) is 3.16.